The lowest BCUT2D eigenvalue weighted by molar-refractivity contribution is 0.171. The highest BCUT2D eigenvalue weighted by atomic mass is 16.5. The molecule has 1 heterocycles. The summed E-state index contributed by atoms with van der Waals surface area (Å²) in [5.74, 6) is 1.63. The van der Waals surface area contributed by atoms with Crippen molar-refractivity contribution in [2.24, 2.45) is 5.73 Å². The lowest BCUT2D eigenvalue weighted by atomic mass is 9.95. The third-order valence-corrected chi connectivity index (χ3v) is 4.73. The number of para-hydroxylation sites is 1. The zero-order valence-electron chi connectivity index (χ0n) is 13.0. The van der Waals surface area contributed by atoms with E-state index in [0.717, 1.165) is 24.5 Å². The molecule has 2 fully saturated rings. The van der Waals surface area contributed by atoms with Gasteiger partial charge in [0.05, 0.1) is 20.3 Å². The molecule has 4 heteroatoms. The molecule has 21 heavy (non-hydrogen) atoms. The molecule has 1 saturated carbocycles. The summed E-state index contributed by atoms with van der Waals surface area (Å²) in [5.41, 5.74) is 7.72. The molecule has 1 saturated heterocycles. The first-order valence-corrected chi connectivity index (χ1v) is 7.98. The molecule has 0 amide bonds. The Kier molecular flexibility index (Phi) is 4.36. The van der Waals surface area contributed by atoms with Gasteiger partial charge in [-0.1, -0.05) is 18.6 Å². The Labute approximate surface area is 127 Å². The van der Waals surface area contributed by atoms with Crippen molar-refractivity contribution in [3.05, 3.63) is 23.8 Å². The first-order chi connectivity index (χ1) is 10.3. The highest BCUT2D eigenvalue weighted by Crippen LogP contribution is 2.43. The van der Waals surface area contributed by atoms with Gasteiger partial charge in [0.1, 0.15) is 0 Å². The van der Waals surface area contributed by atoms with Crippen LogP contribution in [0.25, 0.3) is 0 Å². The topological polar surface area (TPSA) is 47.7 Å². The molecule has 2 atom stereocenters. The van der Waals surface area contributed by atoms with Gasteiger partial charge in [0, 0.05) is 17.6 Å². The molecule has 2 aliphatic rings. The van der Waals surface area contributed by atoms with Crippen molar-refractivity contribution >= 4 is 0 Å². The predicted molar refractivity (Wildman–Crippen MR) is 83.8 cm³/mol. The van der Waals surface area contributed by atoms with E-state index in [1.54, 1.807) is 14.2 Å². The van der Waals surface area contributed by atoms with Gasteiger partial charge < -0.3 is 15.2 Å². The first kappa shape index (κ1) is 14.7. The van der Waals surface area contributed by atoms with Gasteiger partial charge in [0.2, 0.25) is 0 Å². The number of nitrogens with two attached hydrogens (primary N) is 1. The molecule has 2 unspecified atom stereocenters. The largest absolute Gasteiger partial charge is 0.493 e. The van der Waals surface area contributed by atoms with Crippen LogP contribution in [0.3, 0.4) is 0 Å². The monoisotopic (exact) mass is 290 g/mol. The summed E-state index contributed by atoms with van der Waals surface area (Å²) in [6, 6.07) is 7.24. The molecular weight excluding hydrogens is 264 g/mol. The molecule has 3 rings (SSSR count). The molecule has 2 N–H and O–H groups in total. The molecule has 0 spiro atoms. The smallest absolute Gasteiger partial charge is 0.165 e. The number of ether oxygens (including phenoxy) is 2. The number of likely N-dealkylation sites (tertiary alicyclic amines) is 1. The van der Waals surface area contributed by atoms with E-state index in [2.05, 4.69) is 11.0 Å². The number of nitrogens with zero attached hydrogens (tertiary/aromatic N) is 1. The maximum atomic E-state index is 6.54. The third-order valence-electron chi connectivity index (χ3n) is 4.73. The maximum absolute atomic E-state index is 6.54. The van der Waals surface area contributed by atoms with Gasteiger partial charge in [0.25, 0.3) is 0 Å². The molecule has 1 aromatic rings. The van der Waals surface area contributed by atoms with E-state index in [9.17, 15) is 0 Å². The van der Waals surface area contributed by atoms with Gasteiger partial charge in [-0.15, -0.1) is 0 Å². The Hall–Kier alpha value is -1.26. The summed E-state index contributed by atoms with van der Waals surface area (Å²) in [5, 5.41) is 0. The van der Waals surface area contributed by atoms with Crippen molar-refractivity contribution in [3.8, 4) is 11.5 Å². The molecule has 4 nitrogen and oxygen atoms in total. The van der Waals surface area contributed by atoms with Crippen LogP contribution >= 0.6 is 0 Å². The fraction of sp³-hybridized carbons (Fsp3) is 0.647. The third kappa shape index (κ3) is 2.87. The second-order valence-corrected chi connectivity index (χ2v) is 6.16. The van der Waals surface area contributed by atoms with E-state index in [0.29, 0.717) is 6.04 Å². The summed E-state index contributed by atoms with van der Waals surface area (Å²) in [6.07, 6.45) is 6.14. The van der Waals surface area contributed by atoms with Crippen LogP contribution in [0.2, 0.25) is 0 Å². The van der Waals surface area contributed by atoms with Crippen LogP contribution < -0.4 is 15.2 Å². The number of hydrogen-bond donors (Lipinski definition) is 1. The lowest BCUT2D eigenvalue weighted by Crippen LogP contribution is -2.41. The van der Waals surface area contributed by atoms with E-state index < -0.39 is 0 Å². The van der Waals surface area contributed by atoms with Gasteiger partial charge in [-0.25, -0.2) is 0 Å². The predicted octanol–water partition coefficient (Wildman–Crippen LogP) is 2.72. The van der Waals surface area contributed by atoms with Gasteiger partial charge in [-0.3, -0.25) is 4.90 Å². The van der Waals surface area contributed by atoms with Gasteiger partial charge >= 0.3 is 0 Å². The molecule has 1 aliphatic heterocycles. The Morgan fingerprint density at radius 2 is 1.90 bits per heavy atom. The number of hydrogen-bond acceptors (Lipinski definition) is 4. The Balaban J connectivity index is 2.01. The number of rotatable bonds is 4. The van der Waals surface area contributed by atoms with Crippen LogP contribution in [-0.4, -0.2) is 37.7 Å². The van der Waals surface area contributed by atoms with E-state index >= 15 is 0 Å². The normalized spacial score (nSPS) is 27.2. The SMILES string of the molecule is COc1cccc(C2C(N)CCCCN2C2CC2)c1OC. The molecule has 0 aromatic heterocycles. The van der Waals surface area contributed by atoms with E-state index in [1.165, 1.54) is 31.2 Å². The summed E-state index contributed by atoms with van der Waals surface area (Å²) in [4.78, 5) is 2.61. The Morgan fingerprint density at radius 1 is 1.10 bits per heavy atom. The highest BCUT2D eigenvalue weighted by Gasteiger charge is 2.39. The van der Waals surface area contributed by atoms with Crippen molar-refractivity contribution in [2.75, 3.05) is 20.8 Å². The maximum Gasteiger partial charge on any atom is 0.165 e. The molecule has 0 bridgehead atoms. The van der Waals surface area contributed by atoms with Crippen molar-refractivity contribution < 1.29 is 9.47 Å². The van der Waals surface area contributed by atoms with Crippen LogP contribution in [0.1, 0.15) is 43.7 Å². The number of methoxy groups -OCH3 is 2. The van der Waals surface area contributed by atoms with Crippen LogP contribution in [0.4, 0.5) is 0 Å². The minimum atomic E-state index is 0.161. The van der Waals surface area contributed by atoms with Crippen LogP contribution in [-0.2, 0) is 0 Å². The Bertz CT molecular complexity index is 488. The van der Waals surface area contributed by atoms with Crippen LogP contribution in [0, 0.1) is 0 Å². The van der Waals surface area contributed by atoms with Crippen molar-refractivity contribution in [3.63, 3.8) is 0 Å². The van der Waals surface area contributed by atoms with Crippen molar-refractivity contribution in [2.45, 2.75) is 50.2 Å². The summed E-state index contributed by atoms with van der Waals surface area (Å²) >= 11 is 0. The average Bonchev–Trinajstić information content (AvgIpc) is 3.33. The van der Waals surface area contributed by atoms with E-state index in [1.807, 2.05) is 12.1 Å². The zero-order valence-corrected chi connectivity index (χ0v) is 13.0. The quantitative estimate of drug-likeness (QED) is 0.926. The fourth-order valence-corrected chi connectivity index (χ4v) is 3.59. The second-order valence-electron chi connectivity index (χ2n) is 6.16. The highest BCUT2D eigenvalue weighted by molar-refractivity contribution is 5.48. The zero-order chi connectivity index (χ0) is 14.8. The lowest BCUT2D eigenvalue weighted by Gasteiger charge is -2.35. The van der Waals surface area contributed by atoms with Crippen LogP contribution in [0.5, 0.6) is 11.5 Å². The minimum absolute atomic E-state index is 0.161. The standard InChI is InChI=1S/C17H26N2O2/c1-20-15-8-5-6-13(17(15)21-2)16-14(18)7-3-4-11-19(16)12-9-10-12/h5-6,8,12,14,16H,3-4,7,9-11,18H2,1-2H3. The molecule has 1 aromatic carbocycles. The number of benzene rings is 1. The minimum Gasteiger partial charge on any atom is -0.493 e. The summed E-state index contributed by atoms with van der Waals surface area (Å²) < 4.78 is 11.1. The van der Waals surface area contributed by atoms with E-state index in [-0.39, 0.29) is 12.1 Å². The van der Waals surface area contributed by atoms with Gasteiger partial charge in [0.15, 0.2) is 11.5 Å². The average molecular weight is 290 g/mol. The molecule has 1 aliphatic carbocycles. The summed E-state index contributed by atoms with van der Waals surface area (Å²) in [7, 11) is 3.40. The first-order valence-electron chi connectivity index (χ1n) is 7.98. The Morgan fingerprint density at radius 3 is 2.57 bits per heavy atom. The molecule has 0 radical (unpaired) electrons. The fourth-order valence-electron chi connectivity index (χ4n) is 3.59. The van der Waals surface area contributed by atoms with Crippen molar-refractivity contribution in [1.29, 1.82) is 0 Å². The molecule has 116 valence electrons. The van der Waals surface area contributed by atoms with Crippen molar-refractivity contribution in [1.82, 2.24) is 4.90 Å². The summed E-state index contributed by atoms with van der Waals surface area (Å²) in [6.45, 7) is 1.14. The van der Waals surface area contributed by atoms with Crippen LogP contribution in [0.15, 0.2) is 18.2 Å². The molecular formula is C17H26N2O2. The second kappa shape index (κ2) is 6.24. The van der Waals surface area contributed by atoms with Gasteiger partial charge in [-0.05, 0) is 38.3 Å². The van der Waals surface area contributed by atoms with E-state index in [4.69, 9.17) is 15.2 Å². The van der Waals surface area contributed by atoms with Gasteiger partial charge in [-0.2, -0.15) is 0 Å².